The second kappa shape index (κ2) is 10.4. The van der Waals surface area contributed by atoms with E-state index in [4.69, 9.17) is 9.47 Å². The molecule has 2 aromatic carbocycles. The first kappa shape index (κ1) is 20.5. The Kier molecular flexibility index (Phi) is 8.18. The summed E-state index contributed by atoms with van der Waals surface area (Å²) in [5.41, 5.74) is 4.12. The molecule has 0 spiro atoms. The topological polar surface area (TPSA) is 18.5 Å². The molecule has 0 heterocycles. The van der Waals surface area contributed by atoms with Gasteiger partial charge in [-0.25, -0.2) is 0 Å². The third-order valence-electron chi connectivity index (χ3n) is 4.97. The fourth-order valence-corrected chi connectivity index (χ4v) is 2.93. The normalized spacial score (nSPS) is 13.6. The Morgan fingerprint density at radius 2 is 1.42 bits per heavy atom. The van der Waals surface area contributed by atoms with Crippen LogP contribution in [-0.4, -0.2) is 12.9 Å². The minimum absolute atomic E-state index is 0.229. The zero-order valence-corrected chi connectivity index (χ0v) is 17.0. The molecule has 2 unspecified atom stereocenters. The zero-order valence-electron chi connectivity index (χ0n) is 17.0. The highest BCUT2D eigenvalue weighted by Crippen LogP contribution is 2.22. The van der Waals surface area contributed by atoms with Gasteiger partial charge in [-0.15, -0.1) is 0 Å². The van der Waals surface area contributed by atoms with Gasteiger partial charge >= 0.3 is 0 Å². The summed E-state index contributed by atoms with van der Waals surface area (Å²) < 4.78 is 11.7. The number of aryl methyl sites for hydroxylation is 1. The maximum Gasteiger partial charge on any atom is 0.196 e. The Labute approximate surface area is 159 Å². The van der Waals surface area contributed by atoms with Gasteiger partial charge in [0, 0.05) is 0 Å². The number of hydrogen-bond acceptors (Lipinski definition) is 2. The quantitative estimate of drug-likeness (QED) is 0.349. The predicted molar refractivity (Wildman–Crippen MR) is 110 cm³/mol. The van der Waals surface area contributed by atoms with Gasteiger partial charge in [-0.3, -0.25) is 0 Å². The molecule has 142 valence electrons. The summed E-state index contributed by atoms with van der Waals surface area (Å²) >= 11 is 0. The molecule has 0 aromatic heterocycles. The SMILES string of the molecule is CCC(C)c1ccc(OC(C)OCCCc2ccc(C(C)C)cc2)cc1. The highest BCUT2D eigenvalue weighted by molar-refractivity contribution is 5.29. The van der Waals surface area contributed by atoms with Crippen molar-refractivity contribution in [2.75, 3.05) is 6.61 Å². The van der Waals surface area contributed by atoms with E-state index in [2.05, 4.69) is 64.1 Å². The molecule has 0 saturated carbocycles. The first-order valence-corrected chi connectivity index (χ1v) is 9.96. The van der Waals surface area contributed by atoms with E-state index in [1.54, 1.807) is 0 Å². The van der Waals surface area contributed by atoms with Gasteiger partial charge in [-0.2, -0.15) is 0 Å². The average Bonchev–Trinajstić information content (AvgIpc) is 2.65. The number of hydrogen-bond donors (Lipinski definition) is 0. The largest absolute Gasteiger partial charge is 0.465 e. The lowest BCUT2D eigenvalue weighted by Gasteiger charge is -2.16. The smallest absolute Gasteiger partial charge is 0.196 e. The monoisotopic (exact) mass is 354 g/mol. The second-order valence-electron chi connectivity index (χ2n) is 7.43. The summed E-state index contributed by atoms with van der Waals surface area (Å²) in [5.74, 6) is 2.05. The van der Waals surface area contributed by atoms with E-state index in [0.717, 1.165) is 25.0 Å². The Morgan fingerprint density at radius 1 is 0.808 bits per heavy atom. The van der Waals surface area contributed by atoms with Crippen LogP contribution >= 0.6 is 0 Å². The molecule has 0 aliphatic heterocycles. The summed E-state index contributed by atoms with van der Waals surface area (Å²) in [7, 11) is 0. The fraction of sp³-hybridized carbons (Fsp3) is 0.500. The van der Waals surface area contributed by atoms with E-state index in [-0.39, 0.29) is 6.29 Å². The lowest BCUT2D eigenvalue weighted by Crippen LogP contribution is -2.17. The molecule has 2 heteroatoms. The molecule has 0 aliphatic carbocycles. The van der Waals surface area contributed by atoms with Crippen LogP contribution < -0.4 is 4.74 Å². The van der Waals surface area contributed by atoms with E-state index in [0.29, 0.717) is 18.4 Å². The molecule has 26 heavy (non-hydrogen) atoms. The minimum Gasteiger partial charge on any atom is -0.465 e. The minimum atomic E-state index is -0.229. The van der Waals surface area contributed by atoms with Crippen molar-refractivity contribution in [3.63, 3.8) is 0 Å². The third-order valence-corrected chi connectivity index (χ3v) is 4.97. The Bertz CT molecular complexity index is 628. The van der Waals surface area contributed by atoms with Crippen LogP contribution in [0.25, 0.3) is 0 Å². The Hall–Kier alpha value is -1.80. The van der Waals surface area contributed by atoms with E-state index in [1.165, 1.54) is 16.7 Å². The predicted octanol–water partition coefficient (Wildman–Crippen LogP) is 6.70. The Balaban J connectivity index is 1.69. The van der Waals surface area contributed by atoms with Crippen molar-refractivity contribution >= 4 is 0 Å². The average molecular weight is 355 g/mol. The van der Waals surface area contributed by atoms with Crippen molar-refractivity contribution in [3.05, 3.63) is 65.2 Å². The van der Waals surface area contributed by atoms with Crippen molar-refractivity contribution in [3.8, 4) is 5.75 Å². The zero-order chi connectivity index (χ0) is 18.9. The molecular formula is C24H34O2. The van der Waals surface area contributed by atoms with Gasteiger partial charge < -0.3 is 9.47 Å². The van der Waals surface area contributed by atoms with Gasteiger partial charge in [-0.05, 0) is 66.8 Å². The molecule has 2 rings (SSSR count). The first-order valence-electron chi connectivity index (χ1n) is 9.96. The summed E-state index contributed by atoms with van der Waals surface area (Å²) in [5, 5.41) is 0. The molecule has 0 N–H and O–H groups in total. The van der Waals surface area contributed by atoms with Gasteiger partial charge in [0.1, 0.15) is 5.75 Å². The van der Waals surface area contributed by atoms with Crippen LogP contribution in [0.5, 0.6) is 5.75 Å². The van der Waals surface area contributed by atoms with Crippen molar-refractivity contribution in [1.29, 1.82) is 0 Å². The van der Waals surface area contributed by atoms with Crippen LogP contribution in [0.15, 0.2) is 48.5 Å². The molecule has 0 aliphatic rings. The van der Waals surface area contributed by atoms with Crippen LogP contribution in [0, 0.1) is 0 Å². The summed E-state index contributed by atoms with van der Waals surface area (Å²) in [6.07, 6.45) is 2.96. The van der Waals surface area contributed by atoms with Gasteiger partial charge in [0.25, 0.3) is 0 Å². The van der Waals surface area contributed by atoms with Crippen molar-refractivity contribution in [2.45, 2.75) is 72.0 Å². The van der Waals surface area contributed by atoms with Crippen LogP contribution in [0.2, 0.25) is 0 Å². The molecule has 2 nitrogen and oxygen atoms in total. The van der Waals surface area contributed by atoms with E-state index >= 15 is 0 Å². The molecule has 0 amide bonds. The lowest BCUT2D eigenvalue weighted by molar-refractivity contribution is -0.0672. The standard InChI is InChI=1S/C24H34O2/c1-6-19(4)23-13-15-24(16-14-23)26-20(5)25-17-7-8-21-9-11-22(12-10-21)18(2)3/h9-16,18-20H,6-8,17H2,1-5H3. The maximum absolute atomic E-state index is 5.85. The van der Waals surface area contributed by atoms with E-state index in [9.17, 15) is 0 Å². The molecule has 2 aromatic rings. The molecule has 0 saturated heterocycles. The van der Waals surface area contributed by atoms with Gasteiger partial charge in [0.2, 0.25) is 0 Å². The summed E-state index contributed by atoms with van der Waals surface area (Å²) in [4.78, 5) is 0. The lowest BCUT2D eigenvalue weighted by atomic mass is 9.99. The van der Waals surface area contributed by atoms with Gasteiger partial charge in [0.15, 0.2) is 6.29 Å². The van der Waals surface area contributed by atoms with E-state index < -0.39 is 0 Å². The summed E-state index contributed by atoms with van der Waals surface area (Å²) in [6, 6.07) is 17.3. The first-order chi connectivity index (χ1) is 12.5. The van der Waals surface area contributed by atoms with Crippen LogP contribution in [0.1, 0.15) is 76.0 Å². The van der Waals surface area contributed by atoms with Gasteiger partial charge in [-0.1, -0.05) is 64.1 Å². The Morgan fingerprint density at radius 3 is 2.00 bits per heavy atom. The van der Waals surface area contributed by atoms with Crippen molar-refractivity contribution in [1.82, 2.24) is 0 Å². The number of rotatable bonds is 10. The highest BCUT2D eigenvalue weighted by atomic mass is 16.7. The number of benzene rings is 2. The molecule has 0 fully saturated rings. The maximum atomic E-state index is 5.85. The third kappa shape index (κ3) is 6.49. The summed E-state index contributed by atoms with van der Waals surface area (Å²) in [6.45, 7) is 11.6. The highest BCUT2D eigenvalue weighted by Gasteiger charge is 2.06. The van der Waals surface area contributed by atoms with Crippen LogP contribution in [0.4, 0.5) is 0 Å². The molecule has 0 radical (unpaired) electrons. The van der Waals surface area contributed by atoms with Crippen LogP contribution in [0.3, 0.4) is 0 Å². The molecular weight excluding hydrogens is 320 g/mol. The second-order valence-corrected chi connectivity index (χ2v) is 7.43. The fourth-order valence-electron chi connectivity index (χ4n) is 2.93. The van der Waals surface area contributed by atoms with Crippen molar-refractivity contribution in [2.24, 2.45) is 0 Å². The molecule has 2 atom stereocenters. The van der Waals surface area contributed by atoms with E-state index in [1.807, 2.05) is 19.1 Å². The molecule has 0 bridgehead atoms. The number of ether oxygens (including phenoxy) is 2. The van der Waals surface area contributed by atoms with Crippen molar-refractivity contribution < 1.29 is 9.47 Å². The van der Waals surface area contributed by atoms with Crippen LogP contribution in [-0.2, 0) is 11.2 Å². The van der Waals surface area contributed by atoms with Gasteiger partial charge in [0.05, 0.1) is 6.61 Å².